The first-order valence-corrected chi connectivity index (χ1v) is 11.6. The molecule has 4 rings (SSSR count). The van der Waals surface area contributed by atoms with Crippen molar-refractivity contribution in [2.75, 3.05) is 26.2 Å². The smallest absolute Gasteiger partial charge is 0.237 e. The maximum Gasteiger partial charge on any atom is 0.237 e. The molecule has 1 aliphatic carbocycles. The van der Waals surface area contributed by atoms with E-state index in [1.807, 2.05) is 13.1 Å². The number of rotatable bonds is 7. The highest BCUT2D eigenvalue weighted by atomic mass is 32.1. The highest BCUT2D eigenvalue weighted by molar-refractivity contribution is 7.15. The average Bonchev–Trinajstić information content (AvgIpc) is 3.43. The number of carbonyl (C=O) groups is 1. The lowest BCUT2D eigenvalue weighted by Crippen LogP contribution is -2.53. The molecule has 1 N–H and O–H groups in total. The van der Waals surface area contributed by atoms with Crippen LogP contribution >= 0.6 is 11.3 Å². The van der Waals surface area contributed by atoms with Gasteiger partial charge in [-0.2, -0.15) is 0 Å². The third-order valence-corrected chi connectivity index (χ3v) is 7.05. The van der Waals surface area contributed by atoms with Crippen LogP contribution in [-0.4, -0.2) is 59.0 Å². The third-order valence-electron chi connectivity index (χ3n) is 6.02. The fraction of sp³-hybridized carbons (Fsp3) is 0.565. The molecule has 156 valence electrons. The summed E-state index contributed by atoms with van der Waals surface area (Å²) in [7, 11) is 0. The summed E-state index contributed by atoms with van der Waals surface area (Å²) in [4.78, 5) is 23.0. The molecule has 0 spiro atoms. The molecule has 5 nitrogen and oxygen atoms in total. The summed E-state index contributed by atoms with van der Waals surface area (Å²) in [5.74, 6) is 0.744. The molecule has 2 fully saturated rings. The molecule has 1 aromatic heterocycles. The predicted octanol–water partition coefficient (Wildman–Crippen LogP) is 3.72. The van der Waals surface area contributed by atoms with Crippen molar-refractivity contribution in [3.8, 4) is 10.6 Å². The van der Waals surface area contributed by atoms with E-state index in [1.54, 1.807) is 11.3 Å². The summed E-state index contributed by atoms with van der Waals surface area (Å²) >= 11 is 1.79. The normalized spacial score (nSPS) is 19.4. The molecule has 1 aliphatic heterocycles. The Morgan fingerprint density at radius 1 is 1.14 bits per heavy atom. The van der Waals surface area contributed by atoms with Crippen LogP contribution in [-0.2, 0) is 11.3 Å². The second-order valence-electron chi connectivity index (χ2n) is 8.68. The number of piperazine rings is 1. The number of aromatic nitrogens is 1. The zero-order chi connectivity index (χ0) is 20.4. The van der Waals surface area contributed by atoms with Crippen LogP contribution in [0.25, 0.3) is 10.6 Å². The summed E-state index contributed by atoms with van der Waals surface area (Å²) in [6.45, 7) is 11.3. The van der Waals surface area contributed by atoms with Crippen LogP contribution in [0.3, 0.4) is 0 Å². The lowest BCUT2D eigenvalue weighted by Gasteiger charge is -2.37. The number of carbonyl (C=O) groups excluding carboxylic acids is 1. The molecule has 1 saturated carbocycles. The first-order valence-electron chi connectivity index (χ1n) is 10.8. The van der Waals surface area contributed by atoms with Gasteiger partial charge >= 0.3 is 0 Å². The monoisotopic (exact) mass is 412 g/mol. The van der Waals surface area contributed by atoms with Crippen LogP contribution in [0.4, 0.5) is 0 Å². The Kier molecular flexibility index (Phi) is 6.32. The van der Waals surface area contributed by atoms with Crippen molar-refractivity contribution >= 4 is 17.2 Å². The highest BCUT2D eigenvalue weighted by Gasteiger charge is 2.30. The molecule has 29 heavy (non-hydrogen) atoms. The number of hydrogen-bond acceptors (Lipinski definition) is 5. The molecule has 0 radical (unpaired) electrons. The Morgan fingerprint density at radius 2 is 1.83 bits per heavy atom. The molecule has 1 atom stereocenters. The van der Waals surface area contributed by atoms with Gasteiger partial charge in [0.15, 0.2) is 0 Å². The van der Waals surface area contributed by atoms with Crippen molar-refractivity contribution in [2.24, 2.45) is 0 Å². The minimum Gasteiger partial charge on any atom is -0.352 e. The molecule has 2 heterocycles. The van der Waals surface area contributed by atoms with Crippen LogP contribution in [0.2, 0.25) is 0 Å². The lowest BCUT2D eigenvalue weighted by atomic mass is 10.0. The number of nitrogens with zero attached hydrogens (tertiary/aromatic N) is 3. The van der Waals surface area contributed by atoms with Crippen molar-refractivity contribution in [2.45, 2.75) is 58.2 Å². The number of benzene rings is 1. The van der Waals surface area contributed by atoms with Crippen molar-refractivity contribution < 1.29 is 4.79 Å². The van der Waals surface area contributed by atoms with E-state index < -0.39 is 0 Å². The van der Waals surface area contributed by atoms with Crippen LogP contribution in [0.5, 0.6) is 0 Å². The first-order chi connectivity index (χ1) is 14.0. The maximum atomic E-state index is 12.3. The van der Waals surface area contributed by atoms with E-state index in [4.69, 9.17) is 0 Å². The van der Waals surface area contributed by atoms with Gasteiger partial charge < -0.3 is 5.32 Å². The molecule has 0 bridgehead atoms. The highest BCUT2D eigenvalue weighted by Crippen LogP contribution is 2.28. The van der Waals surface area contributed by atoms with E-state index in [1.165, 1.54) is 16.0 Å². The fourth-order valence-corrected chi connectivity index (χ4v) is 4.73. The molecule has 6 heteroatoms. The van der Waals surface area contributed by atoms with Crippen molar-refractivity contribution in [3.05, 3.63) is 40.9 Å². The van der Waals surface area contributed by atoms with Crippen LogP contribution in [0.15, 0.2) is 30.5 Å². The van der Waals surface area contributed by atoms with Crippen molar-refractivity contribution in [1.82, 2.24) is 20.1 Å². The van der Waals surface area contributed by atoms with Gasteiger partial charge in [-0.3, -0.25) is 14.6 Å². The second kappa shape index (κ2) is 8.94. The Hall–Kier alpha value is -1.76. The van der Waals surface area contributed by atoms with Gasteiger partial charge in [-0.15, -0.1) is 11.3 Å². The standard InChI is InChI=1S/C23H32N4OS/c1-16(2)18-4-6-19(7-5-18)23-24-14-21(29-23)15-26-10-12-27(13-11-26)17(3)22(28)25-20-8-9-20/h4-7,14,16-17,20H,8-13,15H2,1-3H3,(H,25,28). The predicted molar refractivity (Wildman–Crippen MR) is 119 cm³/mol. The molecule has 2 aromatic rings. The van der Waals surface area contributed by atoms with Gasteiger partial charge in [0.2, 0.25) is 5.91 Å². The zero-order valence-electron chi connectivity index (χ0n) is 17.7. The van der Waals surface area contributed by atoms with Gasteiger partial charge in [-0.1, -0.05) is 38.1 Å². The summed E-state index contributed by atoms with van der Waals surface area (Å²) < 4.78 is 0. The number of hydrogen-bond donors (Lipinski definition) is 1. The van der Waals surface area contributed by atoms with E-state index in [9.17, 15) is 4.79 Å². The Labute approximate surface area is 178 Å². The SMILES string of the molecule is CC(C)c1ccc(-c2ncc(CN3CCN(C(C)C(=O)NC4CC4)CC3)s2)cc1. The quantitative estimate of drug-likeness (QED) is 0.753. The minimum absolute atomic E-state index is 0.0263. The van der Waals surface area contributed by atoms with Crippen molar-refractivity contribution in [3.63, 3.8) is 0 Å². The summed E-state index contributed by atoms with van der Waals surface area (Å²) in [6, 6.07) is 9.20. The summed E-state index contributed by atoms with van der Waals surface area (Å²) in [5, 5.41) is 4.23. The molecular formula is C23H32N4OS. The van der Waals surface area contributed by atoms with Gasteiger partial charge in [0, 0.05) is 55.4 Å². The molecular weight excluding hydrogens is 380 g/mol. The Bertz CT molecular complexity index is 820. The second-order valence-corrected chi connectivity index (χ2v) is 9.79. The fourth-order valence-electron chi connectivity index (χ4n) is 3.77. The molecule has 1 amide bonds. The van der Waals surface area contributed by atoms with E-state index in [-0.39, 0.29) is 11.9 Å². The number of amides is 1. The average molecular weight is 413 g/mol. The Morgan fingerprint density at radius 3 is 2.45 bits per heavy atom. The number of thiazole rings is 1. The zero-order valence-corrected chi connectivity index (χ0v) is 18.5. The summed E-state index contributed by atoms with van der Waals surface area (Å²) in [5.41, 5.74) is 2.56. The molecule has 1 saturated heterocycles. The van der Waals surface area contributed by atoms with Gasteiger partial charge in [0.1, 0.15) is 5.01 Å². The van der Waals surface area contributed by atoms with Gasteiger partial charge in [0.25, 0.3) is 0 Å². The van der Waals surface area contributed by atoms with Gasteiger partial charge in [0.05, 0.1) is 6.04 Å². The van der Waals surface area contributed by atoms with Gasteiger partial charge in [-0.25, -0.2) is 4.98 Å². The molecule has 1 aromatic carbocycles. The van der Waals surface area contributed by atoms with E-state index in [0.29, 0.717) is 12.0 Å². The molecule has 2 aliphatic rings. The number of nitrogens with one attached hydrogen (secondary N) is 1. The van der Waals surface area contributed by atoms with Gasteiger partial charge in [-0.05, 0) is 31.2 Å². The minimum atomic E-state index is -0.0263. The van der Waals surface area contributed by atoms with Crippen molar-refractivity contribution in [1.29, 1.82) is 0 Å². The summed E-state index contributed by atoms with van der Waals surface area (Å²) in [6.07, 6.45) is 4.31. The lowest BCUT2D eigenvalue weighted by molar-refractivity contribution is -0.126. The van der Waals surface area contributed by atoms with E-state index >= 15 is 0 Å². The largest absolute Gasteiger partial charge is 0.352 e. The van der Waals surface area contributed by atoms with E-state index in [0.717, 1.165) is 50.6 Å². The topological polar surface area (TPSA) is 48.5 Å². The third kappa shape index (κ3) is 5.24. The van der Waals surface area contributed by atoms with Crippen LogP contribution in [0.1, 0.15) is 50.0 Å². The van der Waals surface area contributed by atoms with Crippen LogP contribution < -0.4 is 5.32 Å². The Balaban J connectivity index is 1.28. The van der Waals surface area contributed by atoms with E-state index in [2.05, 4.69) is 58.2 Å². The maximum absolute atomic E-state index is 12.3. The molecule has 1 unspecified atom stereocenters. The first kappa shape index (κ1) is 20.5. The van der Waals surface area contributed by atoms with Crippen LogP contribution in [0, 0.1) is 0 Å².